The van der Waals surface area contributed by atoms with Crippen LogP contribution in [0.3, 0.4) is 0 Å². The van der Waals surface area contributed by atoms with Crippen molar-refractivity contribution in [1.29, 1.82) is 5.26 Å². The third-order valence-electron chi connectivity index (χ3n) is 7.24. The summed E-state index contributed by atoms with van der Waals surface area (Å²) < 4.78 is 17.0. The quantitative estimate of drug-likeness (QED) is 0.441. The maximum absolute atomic E-state index is 15.4. The van der Waals surface area contributed by atoms with Crippen LogP contribution in [0.25, 0.3) is 0 Å². The number of carbonyl (C=O) groups excluding carboxylic acids is 2. The Balaban J connectivity index is 1.52. The Morgan fingerprint density at radius 3 is 2.87 bits per heavy atom. The number of rotatable bonds is 6. The molecule has 2 aliphatic rings. The second-order valence-corrected chi connectivity index (χ2v) is 10.1. The summed E-state index contributed by atoms with van der Waals surface area (Å²) in [5.74, 6) is -1.70. The molecule has 0 radical (unpaired) electrons. The lowest BCUT2D eigenvalue weighted by Gasteiger charge is -2.32. The molecule has 0 bridgehead atoms. The van der Waals surface area contributed by atoms with Gasteiger partial charge < -0.3 is 20.3 Å². The molecule has 3 N–H and O–H groups in total. The van der Waals surface area contributed by atoms with E-state index in [0.29, 0.717) is 29.1 Å². The summed E-state index contributed by atoms with van der Waals surface area (Å²) >= 11 is 0. The number of carbonyl (C=O) groups is 2. The zero-order valence-electron chi connectivity index (χ0n) is 21.6. The van der Waals surface area contributed by atoms with E-state index in [1.54, 1.807) is 77.3 Å². The van der Waals surface area contributed by atoms with Crippen molar-refractivity contribution in [2.75, 3.05) is 11.9 Å². The van der Waals surface area contributed by atoms with E-state index in [1.165, 1.54) is 12.2 Å². The van der Waals surface area contributed by atoms with E-state index in [2.05, 4.69) is 15.4 Å². The Morgan fingerprint density at radius 2 is 2.15 bits per heavy atom. The summed E-state index contributed by atoms with van der Waals surface area (Å²) in [7, 11) is 0. The number of benzene rings is 1. The highest BCUT2D eigenvalue weighted by atomic mass is 19.1. The molecule has 10 heteroatoms. The van der Waals surface area contributed by atoms with E-state index in [0.717, 1.165) is 5.69 Å². The van der Waals surface area contributed by atoms with Gasteiger partial charge in [0.2, 0.25) is 5.67 Å². The molecule has 39 heavy (non-hydrogen) atoms. The molecule has 2 amide bonds. The number of halogens is 1. The normalized spacial score (nSPS) is 22.7. The van der Waals surface area contributed by atoms with Crippen LogP contribution in [-0.4, -0.2) is 48.8 Å². The summed E-state index contributed by atoms with van der Waals surface area (Å²) in [6.45, 7) is 4.15. The fourth-order valence-electron chi connectivity index (χ4n) is 5.23. The molecule has 0 fully saturated rings. The number of aromatic nitrogens is 3. The first-order chi connectivity index (χ1) is 18.7. The maximum Gasteiger partial charge on any atom is 0.276 e. The minimum atomic E-state index is -2.20. The minimum absolute atomic E-state index is 0.0486. The van der Waals surface area contributed by atoms with Crippen LogP contribution in [0.2, 0.25) is 0 Å². The number of alkyl halides is 1. The fourth-order valence-corrected chi connectivity index (χ4v) is 5.23. The van der Waals surface area contributed by atoms with Gasteiger partial charge in [-0.2, -0.15) is 10.4 Å². The van der Waals surface area contributed by atoms with E-state index < -0.39 is 23.6 Å². The number of nitrogens with one attached hydrogen (secondary N) is 2. The topological polar surface area (TPSA) is 127 Å². The van der Waals surface area contributed by atoms with Gasteiger partial charge in [0.15, 0.2) is 5.69 Å². The number of amides is 2. The van der Waals surface area contributed by atoms with Gasteiger partial charge in [-0.15, -0.1) is 0 Å². The van der Waals surface area contributed by atoms with Gasteiger partial charge in [0.1, 0.15) is 11.8 Å². The number of allylic oxidation sites excluding steroid dienone is 4. The average molecular weight is 529 g/mol. The van der Waals surface area contributed by atoms with Crippen molar-refractivity contribution < 1.29 is 19.1 Å². The van der Waals surface area contributed by atoms with Crippen LogP contribution < -0.4 is 5.32 Å². The van der Waals surface area contributed by atoms with E-state index in [4.69, 9.17) is 0 Å². The van der Waals surface area contributed by atoms with Crippen molar-refractivity contribution in [3.63, 3.8) is 0 Å². The number of fused-ring (bicyclic) bond motifs is 1. The number of hydrogen-bond acceptors (Lipinski definition) is 5. The molecular weight excluding hydrogens is 499 g/mol. The van der Waals surface area contributed by atoms with Gasteiger partial charge >= 0.3 is 0 Å². The summed E-state index contributed by atoms with van der Waals surface area (Å²) in [5.41, 5.74) is 0.799. The van der Waals surface area contributed by atoms with Crippen molar-refractivity contribution in [3.8, 4) is 6.07 Å². The molecule has 2 aromatic heterocycles. The van der Waals surface area contributed by atoms with Crippen molar-refractivity contribution in [1.82, 2.24) is 19.7 Å². The first kappa shape index (κ1) is 26.1. The molecule has 0 saturated carbocycles. The van der Waals surface area contributed by atoms with Gasteiger partial charge in [-0.25, -0.2) is 4.39 Å². The number of nitriles is 1. The molecule has 0 spiro atoms. The summed E-state index contributed by atoms with van der Waals surface area (Å²) in [6, 6.07) is 12.1. The van der Waals surface area contributed by atoms with Crippen molar-refractivity contribution in [3.05, 3.63) is 95.1 Å². The van der Waals surface area contributed by atoms with Crippen LogP contribution >= 0.6 is 0 Å². The third kappa shape index (κ3) is 5.01. The second-order valence-electron chi connectivity index (χ2n) is 10.1. The van der Waals surface area contributed by atoms with Crippen LogP contribution in [0.4, 0.5) is 10.1 Å². The zero-order valence-corrected chi connectivity index (χ0v) is 21.6. The molecule has 0 saturated heterocycles. The zero-order chi connectivity index (χ0) is 27.7. The number of aliphatic hydroxyl groups is 1. The van der Waals surface area contributed by atoms with E-state index in [1.807, 2.05) is 6.92 Å². The first-order valence-corrected chi connectivity index (χ1v) is 12.8. The van der Waals surface area contributed by atoms with Gasteiger partial charge in [0.25, 0.3) is 11.8 Å². The Kier molecular flexibility index (Phi) is 6.93. The first-order valence-electron chi connectivity index (χ1n) is 12.8. The highest BCUT2D eigenvalue weighted by molar-refractivity contribution is 6.04. The van der Waals surface area contributed by atoms with Gasteiger partial charge in [0, 0.05) is 41.5 Å². The minimum Gasteiger partial charge on any atom is -0.389 e. The highest BCUT2D eigenvalue weighted by Gasteiger charge is 2.40. The molecule has 3 heterocycles. The van der Waals surface area contributed by atoms with Crippen LogP contribution in [-0.2, 0) is 13.1 Å². The maximum atomic E-state index is 15.4. The summed E-state index contributed by atoms with van der Waals surface area (Å²) in [6.07, 6.45) is 7.03. The molecule has 3 unspecified atom stereocenters. The van der Waals surface area contributed by atoms with Crippen molar-refractivity contribution in [2.45, 2.75) is 44.6 Å². The molecule has 1 aliphatic heterocycles. The van der Waals surface area contributed by atoms with E-state index >= 15 is 4.39 Å². The SMILES string of the molecule is CC1CN(C(=O)c2ccc[nH]2)Cc2c(C(=O)Nc3cccc([C@H](C)O)c3)nn(CC3C=CC=CC3(F)C#N)c21. The monoisotopic (exact) mass is 528 g/mol. The number of aromatic amines is 1. The lowest BCUT2D eigenvalue weighted by molar-refractivity contribution is 0.0711. The third-order valence-corrected chi connectivity index (χ3v) is 7.24. The molecule has 9 nitrogen and oxygen atoms in total. The molecule has 4 atom stereocenters. The number of H-pyrrole nitrogens is 1. The average Bonchev–Trinajstić information content (AvgIpc) is 3.59. The summed E-state index contributed by atoms with van der Waals surface area (Å²) in [4.78, 5) is 31.3. The smallest absolute Gasteiger partial charge is 0.276 e. The van der Waals surface area contributed by atoms with Crippen molar-refractivity contribution >= 4 is 17.5 Å². The molecule has 1 aromatic carbocycles. The van der Waals surface area contributed by atoms with E-state index in [-0.39, 0.29) is 30.6 Å². The molecular formula is C29H29FN6O3. The predicted octanol–water partition coefficient (Wildman–Crippen LogP) is 4.25. The largest absolute Gasteiger partial charge is 0.389 e. The summed E-state index contributed by atoms with van der Waals surface area (Å²) in [5, 5.41) is 26.9. The lowest BCUT2D eigenvalue weighted by atomic mass is 9.86. The molecule has 1 aliphatic carbocycles. The number of anilines is 1. The van der Waals surface area contributed by atoms with Gasteiger partial charge in [-0.05, 0) is 42.8 Å². The van der Waals surface area contributed by atoms with Crippen LogP contribution in [0.15, 0.2) is 66.9 Å². The number of aliphatic hydroxyl groups excluding tert-OH is 1. The Labute approximate surface area is 225 Å². The molecule has 200 valence electrons. The molecule has 3 aromatic rings. The number of nitrogens with zero attached hydrogens (tertiary/aromatic N) is 4. The standard InChI is InChI=1S/C29H29FN6O3/c1-18-14-35(28(39)24-10-6-12-32-24)16-23-25(27(38)33-22-9-5-7-20(13-22)19(2)37)34-36(26(18)23)15-21-8-3-4-11-29(21,30)17-31/h3-13,18-19,21,32,37H,14-16H2,1-2H3,(H,33,38)/t18?,19-,21?,29?/m0/s1. The van der Waals surface area contributed by atoms with Crippen LogP contribution in [0, 0.1) is 17.2 Å². The van der Waals surface area contributed by atoms with Gasteiger partial charge in [0.05, 0.1) is 19.2 Å². The second kappa shape index (κ2) is 10.3. The Morgan fingerprint density at radius 1 is 1.33 bits per heavy atom. The van der Waals surface area contributed by atoms with Gasteiger partial charge in [-0.1, -0.05) is 37.3 Å². The Hall–Kier alpha value is -4.49. The molecule has 5 rings (SSSR count). The fraction of sp³-hybridized carbons (Fsp3) is 0.310. The van der Waals surface area contributed by atoms with E-state index in [9.17, 15) is 20.0 Å². The van der Waals surface area contributed by atoms with Crippen molar-refractivity contribution in [2.24, 2.45) is 5.92 Å². The van der Waals surface area contributed by atoms with Crippen LogP contribution in [0.1, 0.15) is 63.7 Å². The predicted molar refractivity (Wildman–Crippen MR) is 142 cm³/mol. The Bertz CT molecular complexity index is 1500. The lowest BCUT2D eigenvalue weighted by Crippen LogP contribution is -2.39. The highest BCUT2D eigenvalue weighted by Crippen LogP contribution is 2.35. The van der Waals surface area contributed by atoms with Gasteiger partial charge in [-0.3, -0.25) is 14.3 Å². The van der Waals surface area contributed by atoms with Crippen LogP contribution in [0.5, 0.6) is 0 Å². The number of hydrogen-bond donors (Lipinski definition) is 3.